The lowest BCUT2D eigenvalue weighted by atomic mass is 10.1. The number of hydrogen-bond donors (Lipinski definition) is 2. The van der Waals surface area contributed by atoms with Crippen LogP contribution in [0.25, 0.3) is 6.08 Å². The quantitative estimate of drug-likeness (QED) is 0.256. The standard InChI is InChI=1S/C25H22BrClN4O2/c1-31(2)20-12-10-17(11-13-20)15-23(29-24(32)21-8-3-4-9-22(21)27)25(33)30-28-16-18-6-5-7-19(26)14-18/h3-16H,1-2H3,(H,29,32)(H,30,33)/b23-15+,28-16?. The fourth-order valence-corrected chi connectivity index (χ4v) is 3.48. The van der Waals surface area contributed by atoms with E-state index in [0.717, 1.165) is 21.3 Å². The number of rotatable bonds is 7. The Morgan fingerprint density at radius 2 is 1.70 bits per heavy atom. The van der Waals surface area contributed by atoms with Crippen LogP contribution in [0.3, 0.4) is 0 Å². The molecule has 3 aromatic rings. The Kier molecular flexibility index (Phi) is 8.40. The highest BCUT2D eigenvalue weighted by Gasteiger charge is 2.16. The van der Waals surface area contributed by atoms with Gasteiger partial charge in [-0.2, -0.15) is 5.10 Å². The first-order valence-electron chi connectivity index (χ1n) is 9.97. The fraction of sp³-hybridized carbons (Fsp3) is 0.0800. The Bertz CT molecular complexity index is 1210. The van der Waals surface area contributed by atoms with Crippen LogP contribution in [0.5, 0.6) is 0 Å². The van der Waals surface area contributed by atoms with E-state index >= 15 is 0 Å². The van der Waals surface area contributed by atoms with Crippen LogP contribution in [0.15, 0.2) is 88.1 Å². The molecule has 0 spiro atoms. The van der Waals surface area contributed by atoms with Crippen LogP contribution in [-0.4, -0.2) is 32.1 Å². The van der Waals surface area contributed by atoms with Crippen molar-refractivity contribution in [2.45, 2.75) is 0 Å². The maximum absolute atomic E-state index is 12.9. The molecule has 0 saturated heterocycles. The molecule has 0 aliphatic heterocycles. The summed E-state index contributed by atoms with van der Waals surface area (Å²) in [5.74, 6) is -1.07. The van der Waals surface area contributed by atoms with Gasteiger partial charge in [0.2, 0.25) is 0 Å². The van der Waals surface area contributed by atoms with E-state index in [4.69, 9.17) is 11.6 Å². The van der Waals surface area contributed by atoms with Crippen molar-refractivity contribution in [1.29, 1.82) is 0 Å². The van der Waals surface area contributed by atoms with E-state index < -0.39 is 11.8 Å². The average Bonchev–Trinajstić information content (AvgIpc) is 2.79. The largest absolute Gasteiger partial charge is 0.378 e. The second kappa shape index (κ2) is 11.4. The normalized spacial score (nSPS) is 11.3. The zero-order chi connectivity index (χ0) is 23.8. The summed E-state index contributed by atoms with van der Waals surface area (Å²) in [6, 6.07) is 21.6. The Hall–Kier alpha value is -3.42. The third-order valence-corrected chi connectivity index (χ3v) is 5.38. The van der Waals surface area contributed by atoms with Gasteiger partial charge in [0.05, 0.1) is 16.8 Å². The third kappa shape index (κ3) is 7.03. The van der Waals surface area contributed by atoms with Crippen LogP contribution in [0.1, 0.15) is 21.5 Å². The van der Waals surface area contributed by atoms with Crippen molar-refractivity contribution in [3.8, 4) is 0 Å². The number of benzene rings is 3. The first-order valence-corrected chi connectivity index (χ1v) is 11.1. The molecule has 6 nitrogen and oxygen atoms in total. The van der Waals surface area contributed by atoms with Gasteiger partial charge in [-0.05, 0) is 53.6 Å². The van der Waals surface area contributed by atoms with Crippen molar-refractivity contribution in [2.75, 3.05) is 19.0 Å². The molecule has 0 saturated carbocycles. The summed E-state index contributed by atoms with van der Waals surface area (Å²) in [5.41, 5.74) is 5.31. The van der Waals surface area contributed by atoms with Crippen molar-refractivity contribution >= 4 is 57.3 Å². The molecule has 0 unspecified atom stereocenters. The third-order valence-electron chi connectivity index (χ3n) is 4.56. The molecule has 33 heavy (non-hydrogen) atoms. The van der Waals surface area contributed by atoms with Crippen LogP contribution >= 0.6 is 27.5 Å². The Morgan fingerprint density at radius 1 is 0.970 bits per heavy atom. The van der Waals surface area contributed by atoms with Gasteiger partial charge in [-0.15, -0.1) is 0 Å². The number of nitrogens with zero attached hydrogens (tertiary/aromatic N) is 2. The molecule has 2 amide bonds. The zero-order valence-corrected chi connectivity index (χ0v) is 20.4. The Balaban J connectivity index is 1.84. The predicted molar refractivity (Wildman–Crippen MR) is 138 cm³/mol. The zero-order valence-electron chi connectivity index (χ0n) is 18.0. The van der Waals surface area contributed by atoms with Crippen LogP contribution in [-0.2, 0) is 4.79 Å². The van der Waals surface area contributed by atoms with E-state index in [-0.39, 0.29) is 16.3 Å². The molecule has 8 heteroatoms. The number of nitrogens with one attached hydrogen (secondary N) is 2. The highest BCUT2D eigenvalue weighted by Crippen LogP contribution is 2.17. The minimum Gasteiger partial charge on any atom is -0.378 e. The van der Waals surface area contributed by atoms with E-state index in [1.165, 1.54) is 6.21 Å². The topological polar surface area (TPSA) is 73.8 Å². The summed E-state index contributed by atoms with van der Waals surface area (Å²) in [6.07, 6.45) is 3.10. The summed E-state index contributed by atoms with van der Waals surface area (Å²) < 4.78 is 0.895. The summed E-state index contributed by atoms with van der Waals surface area (Å²) in [6.45, 7) is 0. The number of halogens is 2. The van der Waals surface area contributed by atoms with Gasteiger partial charge in [0, 0.05) is 24.3 Å². The number of hydrogen-bond acceptors (Lipinski definition) is 4. The van der Waals surface area contributed by atoms with E-state index in [1.54, 1.807) is 30.3 Å². The van der Waals surface area contributed by atoms with Gasteiger partial charge in [-0.3, -0.25) is 9.59 Å². The second-order valence-electron chi connectivity index (χ2n) is 7.23. The van der Waals surface area contributed by atoms with Crippen molar-refractivity contribution in [3.63, 3.8) is 0 Å². The number of carbonyl (C=O) groups is 2. The van der Waals surface area contributed by atoms with Crippen LogP contribution in [0, 0.1) is 0 Å². The van der Waals surface area contributed by atoms with Gasteiger partial charge in [-0.1, -0.05) is 63.9 Å². The van der Waals surface area contributed by atoms with Gasteiger partial charge >= 0.3 is 0 Å². The molecule has 0 bridgehead atoms. The minimum atomic E-state index is -0.571. The highest BCUT2D eigenvalue weighted by molar-refractivity contribution is 9.10. The van der Waals surface area contributed by atoms with E-state index in [0.29, 0.717) is 0 Å². The molecular formula is C25H22BrClN4O2. The van der Waals surface area contributed by atoms with Gasteiger partial charge in [-0.25, -0.2) is 5.43 Å². The molecule has 2 N–H and O–H groups in total. The van der Waals surface area contributed by atoms with Crippen molar-refractivity contribution < 1.29 is 9.59 Å². The molecule has 0 aromatic heterocycles. The Morgan fingerprint density at radius 3 is 2.36 bits per heavy atom. The molecule has 0 atom stereocenters. The van der Waals surface area contributed by atoms with Crippen molar-refractivity contribution in [3.05, 3.63) is 105 Å². The lowest BCUT2D eigenvalue weighted by molar-refractivity contribution is -0.117. The molecule has 0 aliphatic carbocycles. The van der Waals surface area contributed by atoms with Gasteiger partial charge in [0.15, 0.2) is 0 Å². The van der Waals surface area contributed by atoms with Gasteiger partial charge in [0.25, 0.3) is 11.8 Å². The van der Waals surface area contributed by atoms with Crippen molar-refractivity contribution in [1.82, 2.24) is 10.7 Å². The maximum Gasteiger partial charge on any atom is 0.287 e. The second-order valence-corrected chi connectivity index (χ2v) is 8.55. The number of carbonyl (C=O) groups excluding carboxylic acids is 2. The summed E-state index contributed by atoms with van der Waals surface area (Å²) in [4.78, 5) is 27.6. The number of anilines is 1. The molecular weight excluding hydrogens is 504 g/mol. The predicted octanol–water partition coefficient (Wildman–Crippen LogP) is 5.09. The molecule has 0 fully saturated rings. The first-order chi connectivity index (χ1) is 15.8. The monoisotopic (exact) mass is 524 g/mol. The SMILES string of the molecule is CN(C)c1ccc(/C=C(/NC(=O)c2ccccc2Cl)C(=O)NN=Cc2cccc(Br)c2)cc1. The average molecular weight is 526 g/mol. The summed E-state index contributed by atoms with van der Waals surface area (Å²) in [5, 5.41) is 6.95. The van der Waals surface area contributed by atoms with Crippen LogP contribution < -0.4 is 15.6 Å². The highest BCUT2D eigenvalue weighted by atomic mass is 79.9. The maximum atomic E-state index is 12.9. The van der Waals surface area contributed by atoms with E-state index in [1.807, 2.05) is 67.5 Å². The van der Waals surface area contributed by atoms with Crippen LogP contribution in [0.2, 0.25) is 5.02 Å². The number of hydrazone groups is 1. The summed E-state index contributed by atoms with van der Waals surface area (Å²) in [7, 11) is 3.88. The first kappa shape index (κ1) is 24.2. The lowest BCUT2D eigenvalue weighted by Crippen LogP contribution is -2.33. The van der Waals surface area contributed by atoms with E-state index in [2.05, 4.69) is 31.8 Å². The molecule has 0 radical (unpaired) electrons. The van der Waals surface area contributed by atoms with Gasteiger partial charge < -0.3 is 10.2 Å². The Labute approximate surface area is 206 Å². The number of amides is 2. The molecule has 0 aliphatic rings. The minimum absolute atomic E-state index is 0.0314. The van der Waals surface area contributed by atoms with Crippen LogP contribution in [0.4, 0.5) is 5.69 Å². The van der Waals surface area contributed by atoms with E-state index in [9.17, 15) is 9.59 Å². The smallest absolute Gasteiger partial charge is 0.287 e. The molecule has 168 valence electrons. The molecule has 0 heterocycles. The molecule has 3 aromatic carbocycles. The molecule has 3 rings (SSSR count). The fourth-order valence-electron chi connectivity index (χ4n) is 2.84. The lowest BCUT2D eigenvalue weighted by Gasteiger charge is -2.13. The van der Waals surface area contributed by atoms with Gasteiger partial charge in [0.1, 0.15) is 5.70 Å². The van der Waals surface area contributed by atoms with Crippen molar-refractivity contribution in [2.24, 2.45) is 5.10 Å². The summed E-state index contributed by atoms with van der Waals surface area (Å²) >= 11 is 9.53.